The van der Waals surface area contributed by atoms with Gasteiger partial charge in [0.1, 0.15) is 12.4 Å². The average Bonchev–Trinajstić information content (AvgIpc) is 3.24. The standard InChI is InChI=1S/C25H23FN4O2/c1-29(2)21-14-10-20(11-15-21)27-25(31)24-23(32-17-18-6-4-3-5-7-18)16-30(28-24)22-12-8-19(26)9-13-22/h3-16H,17H2,1-2H3,(H,27,31). The number of benzene rings is 3. The molecule has 0 spiro atoms. The average molecular weight is 430 g/mol. The summed E-state index contributed by atoms with van der Waals surface area (Å²) < 4.78 is 20.8. The third-order valence-electron chi connectivity index (χ3n) is 4.87. The molecule has 0 fully saturated rings. The molecule has 1 N–H and O–H groups in total. The summed E-state index contributed by atoms with van der Waals surface area (Å²) >= 11 is 0. The number of hydrogen-bond donors (Lipinski definition) is 1. The number of aromatic nitrogens is 2. The van der Waals surface area contributed by atoms with E-state index in [-0.39, 0.29) is 18.1 Å². The highest BCUT2D eigenvalue weighted by atomic mass is 19.1. The quantitative estimate of drug-likeness (QED) is 0.453. The second kappa shape index (κ2) is 9.34. The first kappa shape index (κ1) is 21.1. The SMILES string of the molecule is CN(C)c1ccc(NC(=O)c2nn(-c3ccc(F)cc3)cc2OCc2ccccc2)cc1. The van der Waals surface area contributed by atoms with Crippen molar-refractivity contribution >= 4 is 17.3 Å². The van der Waals surface area contributed by atoms with Crippen LogP contribution < -0.4 is 15.0 Å². The molecule has 0 saturated heterocycles. The monoisotopic (exact) mass is 430 g/mol. The fourth-order valence-electron chi connectivity index (χ4n) is 3.12. The summed E-state index contributed by atoms with van der Waals surface area (Å²) in [4.78, 5) is 15.0. The van der Waals surface area contributed by atoms with Crippen LogP contribution in [0, 0.1) is 5.82 Å². The van der Waals surface area contributed by atoms with Crippen molar-refractivity contribution in [1.82, 2.24) is 9.78 Å². The zero-order valence-corrected chi connectivity index (χ0v) is 17.8. The number of ether oxygens (including phenoxy) is 1. The maximum atomic E-state index is 13.3. The Morgan fingerprint density at radius 2 is 1.69 bits per heavy atom. The molecular weight excluding hydrogens is 407 g/mol. The summed E-state index contributed by atoms with van der Waals surface area (Å²) in [6.07, 6.45) is 1.63. The number of rotatable bonds is 7. The Labute approximate surface area is 185 Å². The fourth-order valence-corrected chi connectivity index (χ4v) is 3.12. The van der Waals surface area contributed by atoms with Gasteiger partial charge in [-0.1, -0.05) is 30.3 Å². The molecule has 0 aliphatic carbocycles. The van der Waals surface area contributed by atoms with E-state index in [9.17, 15) is 9.18 Å². The van der Waals surface area contributed by atoms with Crippen LogP contribution in [-0.2, 0) is 6.61 Å². The Hall–Kier alpha value is -4.13. The zero-order valence-electron chi connectivity index (χ0n) is 17.8. The molecule has 0 atom stereocenters. The lowest BCUT2D eigenvalue weighted by atomic mass is 10.2. The molecule has 3 aromatic carbocycles. The summed E-state index contributed by atoms with van der Waals surface area (Å²) in [5, 5.41) is 7.28. The number of carbonyl (C=O) groups excluding carboxylic acids is 1. The van der Waals surface area contributed by atoms with Crippen LogP contribution in [0.25, 0.3) is 5.69 Å². The van der Waals surface area contributed by atoms with Crippen LogP contribution in [0.3, 0.4) is 0 Å². The smallest absolute Gasteiger partial charge is 0.280 e. The minimum atomic E-state index is -0.397. The molecule has 6 nitrogen and oxygen atoms in total. The lowest BCUT2D eigenvalue weighted by Gasteiger charge is -2.13. The summed E-state index contributed by atoms with van der Waals surface area (Å²) in [6, 6.07) is 23.0. The second-order valence-electron chi connectivity index (χ2n) is 7.43. The summed E-state index contributed by atoms with van der Waals surface area (Å²) in [6.45, 7) is 0.285. The van der Waals surface area contributed by atoms with E-state index in [0.717, 1.165) is 11.3 Å². The molecule has 0 unspecified atom stereocenters. The Kier molecular flexibility index (Phi) is 6.17. The van der Waals surface area contributed by atoms with Gasteiger partial charge >= 0.3 is 0 Å². The number of amides is 1. The molecule has 1 heterocycles. The highest BCUT2D eigenvalue weighted by molar-refractivity contribution is 6.04. The predicted molar refractivity (Wildman–Crippen MR) is 123 cm³/mol. The third-order valence-corrected chi connectivity index (χ3v) is 4.87. The number of nitrogens with zero attached hydrogens (tertiary/aromatic N) is 3. The molecule has 162 valence electrons. The van der Waals surface area contributed by atoms with Gasteiger partial charge in [-0.05, 0) is 54.1 Å². The van der Waals surface area contributed by atoms with Gasteiger partial charge in [0.15, 0.2) is 11.4 Å². The molecule has 0 aliphatic heterocycles. The van der Waals surface area contributed by atoms with Crippen molar-refractivity contribution in [2.24, 2.45) is 0 Å². The van der Waals surface area contributed by atoms with Gasteiger partial charge in [-0.25, -0.2) is 9.07 Å². The van der Waals surface area contributed by atoms with E-state index in [0.29, 0.717) is 17.1 Å². The summed E-state index contributed by atoms with van der Waals surface area (Å²) in [5.74, 6) is -0.410. The predicted octanol–water partition coefficient (Wildman–Crippen LogP) is 4.91. The normalized spacial score (nSPS) is 10.6. The number of hydrogen-bond acceptors (Lipinski definition) is 4. The molecule has 0 saturated carbocycles. The van der Waals surface area contributed by atoms with Gasteiger partial charge in [-0.2, -0.15) is 5.10 Å². The topological polar surface area (TPSA) is 59.4 Å². The van der Waals surface area contributed by atoms with Crippen LogP contribution >= 0.6 is 0 Å². The van der Waals surface area contributed by atoms with Gasteiger partial charge in [-0.3, -0.25) is 4.79 Å². The zero-order chi connectivity index (χ0) is 22.5. The first-order valence-corrected chi connectivity index (χ1v) is 10.1. The number of anilines is 2. The van der Waals surface area contributed by atoms with Crippen molar-refractivity contribution in [1.29, 1.82) is 0 Å². The maximum absolute atomic E-state index is 13.3. The van der Waals surface area contributed by atoms with Crippen molar-refractivity contribution in [3.63, 3.8) is 0 Å². The van der Waals surface area contributed by atoms with Gasteiger partial charge in [0, 0.05) is 25.5 Å². The van der Waals surface area contributed by atoms with Crippen molar-refractivity contribution < 1.29 is 13.9 Å². The maximum Gasteiger partial charge on any atom is 0.280 e. The molecule has 1 aromatic heterocycles. The molecule has 1 amide bonds. The van der Waals surface area contributed by atoms with E-state index in [2.05, 4.69) is 10.4 Å². The largest absolute Gasteiger partial charge is 0.485 e. The number of carbonyl (C=O) groups is 1. The molecule has 32 heavy (non-hydrogen) atoms. The molecule has 0 radical (unpaired) electrons. The first-order chi connectivity index (χ1) is 15.5. The molecule has 0 bridgehead atoms. The Bertz CT molecular complexity index is 1190. The molecule has 4 aromatic rings. The van der Waals surface area contributed by atoms with E-state index in [1.165, 1.54) is 16.8 Å². The van der Waals surface area contributed by atoms with Crippen LogP contribution in [0.1, 0.15) is 16.1 Å². The first-order valence-electron chi connectivity index (χ1n) is 10.1. The number of halogens is 1. The van der Waals surface area contributed by atoms with E-state index in [4.69, 9.17) is 4.74 Å². The Morgan fingerprint density at radius 3 is 2.34 bits per heavy atom. The van der Waals surface area contributed by atoms with Crippen LogP contribution in [0.5, 0.6) is 5.75 Å². The molecule has 0 aliphatic rings. The summed E-state index contributed by atoms with van der Waals surface area (Å²) in [7, 11) is 3.90. The van der Waals surface area contributed by atoms with Gasteiger partial charge in [-0.15, -0.1) is 0 Å². The van der Waals surface area contributed by atoms with Gasteiger partial charge in [0.25, 0.3) is 5.91 Å². The highest BCUT2D eigenvalue weighted by Gasteiger charge is 2.20. The lowest BCUT2D eigenvalue weighted by molar-refractivity contribution is 0.101. The van der Waals surface area contributed by atoms with E-state index >= 15 is 0 Å². The van der Waals surface area contributed by atoms with Gasteiger partial charge in [0.2, 0.25) is 0 Å². The van der Waals surface area contributed by atoms with Crippen LogP contribution in [0.15, 0.2) is 85.1 Å². The van der Waals surface area contributed by atoms with Crippen LogP contribution in [0.2, 0.25) is 0 Å². The third kappa shape index (κ3) is 4.95. The highest BCUT2D eigenvalue weighted by Crippen LogP contribution is 2.23. The van der Waals surface area contributed by atoms with Crippen molar-refractivity contribution in [3.8, 4) is 11.4 Å². The van der Waals surface area contributed by atoms with Crippen molar-refractivity contribution in [2.45, 2.75) is 6.61 Å². The summed E-state index contributed by atoms with van der Waals surface area (Å²) in [5.41, 5.74) is 3.39. The van der Waals surface area contributed by atoms with E-state index in [1.54, 1.807) is 18.3 Å². The van der Waals surface area contributed by atoms with E-state index in [1.807, 2.05) is 73.6 Å². The Morgan fingerprint density at radius 1 is 1.00 bits per heavy atom. The molecular formula is C25H23FN4O2. The Balaban J connectivity index is 1.60. The van der Waals surface area contributed by atoms with Gasteiger partial charge in [0.05, 0.1) is 11.9 Å². The van der Waals surface area contributed by atoms with E-state index < -0.39 is 5.91 Å². The minimum Gasteiger partial charge on any atom is -0.485 e. The molecule has 4 rings (SSSR count). The molecule has 7 heteroatoms. The number of nitrogens with one attached hydrogen (secondary N) is 1. The van der Waals surface area contributed by atoms with Crippen molar-refractivity contribution in [2.75, 3.05) is 24.3 Å². The van der Waals surface area contributed by atoms with Gasteiger partial charge < -0.3 is 15.0 Å². The van der Waals surface area contributed by atoms with Crippen molar-refractivity contribution in [3.05, 3.63) is 102 Å². The lowest BCUT2D eigenvalue weighted by Crippen LogP contribution is -2.15. The van der Waals surface area contributed by atoms with Crippen LogP contribution in [0.4, 0.5) is 15.8 Å². The second-order valence-corrected chi connectivity index (χ2v) is 7.43. The fraction of sp³-hybridized carbons (Fsp3) is 0.120. The minimum absolute atomic E-state index is 0.141. The van der Waals surface area contributed by atoms with Crippen LogP contribution in [-0.4, -0.2) is 29.8 Å².